The van der Waals surface area contributed by atoms with Gasteiger partial charge in [-0.2, -0.15) is 0 Å². The molecule has 1 N–H and O–H groups in total. The number of piperidine rings is 1. The molecule has 1 heterocycles. The molecule has 1 aliphatic heterocycles. The number of rotatable bonds is 4. The fourth-order valence-corrected chi connectivity index (χ4v) is 3.14. The zero-order valence-electron chi connectivity index (χ0n) is 12.5. The highest BCUT2D eigenvalue weighted by atomic mass is 79.9. The Bertz CT molecular complexity index is 501. The third kappa shape index (κ3) is 4.44. The summed E-state index contributed by atoms with van der Waals surface area (Å²) < 4.78 is 0.759. The van der Waals surface area contributed by atoms with Crippen LogP contribution in [-0.4, -0.2) is 36.0 Å². The lowest BCUT2D eigenvalue weighted by Crippen LogP contribution is -2.48. The second-order valence-corrected chi connectivity index (χ2v) is 7.09. The number of halogens is 2. The molecule has 0 saturated carbocycles. The summed E-state index contributed by atoms with van der Waals surface area (Å²) in [7, 11) is 0. The van der Waals surface area contributed by atoms with E-state index in [-0.39, 0.29) is 11.9 Å². The van der Waals surface area contributed by atoms with E-state index in [1.165, 1.54) is 12.8 Å². The first-order valence-corrected chi connectivity index (χ1v) is 8.65. The lowest BCUT2D eigenvalue weighted by Gasteiger charge is -2.33. The van der Waals surface area contributed by atoms with E-state index in [9.17, 15) is 4.79 Å². The fourth-order valence-electron chi connectivity index (χ4n) is 2.64. The predicted molar refractivity (Wildman–Crippen MR) is 91.0 cm³/mol. The molecule has 0 radical (unpaired) electrons. The third-order valence-corrected chi connectivity index (χ3v) is 5.09. The van der Waals surface area contributed by atoms with Crippen LogP contribution < -0.4 is 5.32 Å². The fraction of sp³-hybridized carbons (Fsp3) is 0.562. The summed E-state index contributed by atoms with van der Waals surface area (Å²) >= 11 is 9.39. The van der Waals surface area contributed by atoms with Crippen LogP contribution in [0.2, 0.25) is 5.02 Å². The number of carbonyl (C=O) groups excluding carboxylic acids is 1. The molecule has 1 atom stereocenters. The molecule has 5 heteroatoms. The first-order valence-electron chi connectivity index (χ1n) is 7.48. The minimum atomic E-state index is 0.0646. The van der Waals surface area contributed by atoms with Gasteiger partial charge in [-0.15, -0.1) is 0 Å². The van der Waals surface area contributed by atoms with Crippen molar-refractivity contribution in [2.75, 3.05) is 13.1 Å². The van der Waals surface area contributed by atoms with Gasteiger partial charge in [-0.05, 0) is 67.4 Å². The van der Waals surface area contributed by atoms with Crippen LogP contribution in [0.1, 0.15) is 43.5 Å². The summed E-state index contributed by atoms with van der Waals surface area (Å²) in [6.07, 6.45) is 3.61. The van der Waals surface area contributed by atoms with Crippen LogP contribution in [0.25, 0.3) is 0 Å². The summed E-state index contributed by atoms with van der Waals surface area (Å²) in [5.41, 5.74) is 0.677. The Morgan fingerprint density at radius 1 is 1.48 bits per heavy atom. The number of hydrogen-bond donors (Lipinski definition) is 1. The number of nitrogens with one attached hydrogen (secondary N) is 1. The average Bonchev–Trinajstić information content (AvgIpc) is 2.47. The number of hydrogen-bond acceptors (Lipinski definition) is 2. The molecule has 116 valence electrons. The molecule has 1 aromatic rings. The Morgan fingerprint density at radius 3 is 2.81 bits per heavy atom. The molecule has 0 spiro atoms. The van der Waals surface area contributed by atoms with Gasteiger partial charge in [-0.3, -0.25) is 4.79 Å². The topological polar surface area (TPSA) is 32.3 Å². The zero-order valence-corrected chi connectivity index (χ0v) is 14.9. The van der Waals surface area contributed by atoms with Gasteiger partial charge in [0.05, 0.1) is 5.02 Å². The Labute approximate surface area is 140 Å². The Balaban J connectivity index is 2.12. The van der Waals surface area contributed by atoms with Crippen molar-refractivity contribution in [2.24, 2.45) is 0 Å². The Morgan fingerprint density at radius 2 is 2.24 bits per heavy atom. The van der Waals surface area contributed by atoms with E-state index in [1.54, 1.807) is 18.2 Å². The van der Waals surface area contributed by atoms with Gasteiger partial charge in [0, 0.05) is 28.7 Å². The van der Waals surface area contributed by atoms with E-state index < -0.39 is 0 Å². The van der Waals surface area contributed by atoms with E-state index in [1.807, 2.05) is 4.90 Å². The van der Waals surface area contributed by atoms with E-state index in [0.717, 1.165) is 24.0 Å². The van der Waals surface area contributed by atoms with Crippen LogP contribution in [0, 0.1) is 0 Å². The first kappa shape index (κ1) is 16.8. The van der Waals surface area contributed by atoms with Crippen molar-refractivity contribution in [3.63, 3.8) is 0 Å². The average molecular weight is 374 g/mol. The number of amides is 1. The van der Waals surface area contributed by atoms with Gasteiger partial charge in [0.15, 0.2) is 0 Å². The van der Waals surface area contributed by atoms with E-state index in [0.29, 0.717) is 16.6 Å². The maximum Gasteiger partial charge on any atom is 0.254 e. The van der Waals surface area contributed by atoms with Crippen molar-refractivity contribution < 1.29 is 4.79 Å². The molecule has 1 fully saturated rings. The quantitative estimate of drug-likeness (QED) is 0.862. The van der Waals surface area contributed by atoms with Crippen molar-refractivity contribution in [3.8, 4) is 0 Å². The standard InChI is InChI=1S/C16H22BrClN2O/c1-11(2)20(10-13-5-3-4-8-19-13)16(21)12-6-7-15(18)14(17)9-12/h6-7,9,11,13,19H,3-5,8,10H2,1-2H3. The number of benzene rings is 1. The van der Waals surface area contributed by atoms with Crippen molar-refractivity contribution in [2.45, 2.75) is 45.2 Å². The second-order valence-electron chi connectivity index (χ2n) is 5.83. The van der Waals surface area contributed by atoms with Crippen LogP contribution in [0.4, 0.5) is 0 Å². The van der Waals surface area contributed by atoms with Gasteiger partial charge < -0.3 is 10.2 Å². The minimum absolute atomic E-state index is 0.0646. The van der Waals surface area contributed by atoms with Gasteiger partial charge in [0.25, 0.3) is 5.91 Å². The molecule has 0 aromatic heterocycles. The summed E-state index contributed by atoms with van der Waals surface area (Å²) in [4.78, 5) is 14.7. The Hall–Kier alpha value is -0.580. The summed E-state index contributed by atoms with van der Waals surface area (Å²) in [5.74, 6) is 0.0646. The summed E-state index contributed by atoms with van der Waals surface area (Å²) in [5, 5.41) is 4.13. The van der Waals surface area contributed by atoms with Crippen LogP contribution in [0.15, 0.2) is 22.7 Å². The zero-order chi connectivity index (χ0) is 15.4. The van der Waals surface area contributed by atoms with E-state index in [4.69, 9.17) is 11.6 Å². The lowest BCUT2D eigenvalue weighted by atomic mass is 10.0. The molecule has 1 aliphatic rings. The predicted octanol–water partition coefficient (Wildman–Crippen LogP) is 4.10. The van der Waals surface area contributed by atoms with Crippen molar-refractivity contribution in [1.29, 1.82) is 0 Å². The van der Waals surface area contributed by atoms with Gasteiger partial charge in [-0.1, -0.05) is 18.0 Å². The number of nitrogens with zero attached hydrogens (tertiary/aromatic N) is 1. The molecule has 2 rings (SSSR count). The van der Waals surface area contributed by atoms with Crippen LogP contribution >= 0.6 is 27.5 Å². The van der Waals surface area contributed by atoms with Crippen LogP contribution in [0.5, 0.6) is 0 Å². The normalized spacial score (nSPS) is 18.8. The van der Waals surface area contributed by atoms with Gasteiger partial charge >= 0.3 is 0 Å². The smallest absolute Gasteiger partial charge is 0.254 e. The molecule has 1 amide bonds. The summed E-state index contributed by atoms with van der Waals surface area (Å²) in [6, 6.07) is 5.93. The highest BCUT2D eigenvalue weighted by Gasteiger charge is 2.24. The highest BCUT2D eigenvalue weighted by Crippen LogP contribution is 2.24. The second kappa shape index (κ2) is 7.61. The molecule has 3 nitrogen and oxygen atoms in total. The maximum absolute atomic E-state index is 12.8. The maximum atomic E-state index is 12.8. The molecule has 1 aromatic carbocycles. The largest absolute Gasteiger partial charge is 0.335 e. The highest BCUT2D eigenvalue weighted by molar-refractivity contribution is 9.10. The molecular formula is C16H22BrClN2O. The van der Waals surface area contributed by atoms with Crippen molar-refractivity contribution in [3.05, 3.63) is 33.3 Å². The SMILES string of the molecule is CC(C)N(CC1CCCCN1)C(=O)c1ccc(Cl)c(Br)c1. The number of carbonyl (C=O) groups is 1. The Kier molecular flexibility index (Phi) is 6.08. The molecular weight excluding hydrogens is 352 g/mol. The van der Waals surface area contributed by atoms with Crippen LogP contribution in [-0.2, 0) is 0 Å². The molecule has 1 saturated heterocycles. The molecule has 0 aliphatic carbocycles. The monoisotopic (exact) mass is 372 g/mol. The summed E-state index contributed by atoms with van der Waals surface area (Å²) in [6.45, 7) is 5.94. The van der Waals surface area contributed by atoms with Gasteiger partial charge in [0.1, 0.15) is 0 Å². The van der Waals surface area contributed by atoms with Crippen molar-refractivity contribution in [1.82, 2.24) is 10.2 Å². The van der Waals surface area contributed by atoms with E-state index in [2.05, 4.69) is 35.1 Å². The first-order chi connectivity index (χ1) is 9.99. The molecule has 21 heavy (non-hydrogen) atoms. The van der Waals surface area contributed by atoms with Gasteiger partial charge in [-0.25, -0.2) is 0 Å². The van der Waals surface area contributed by atoms with E-state index >= 15 is 0 Å². The van der Waals surface area contributed by atoms with Crippen LogP contribution in [0.3, 0.4) is 0 Å². The van der Waals surface area contributed by atoms with Gasteiger partial charge in [0.2, 0.25) is 0 Å². The van der Waals surface area contributed by atoms with Crippen molar-refractivity contribution >= 4 is 33.4 Å². The molecule has 0 bridgehead atoms. The lowest BCUT2D eigenvalue weighted by molar-refractivity contribution is 0.0676. The minimum Gasteiger partial charge on any atom is -0.335 e. The third-order valence-electron chi connectivity index (χ3n) is 3.88. The molecule has 1 unspecified atom stereocenters.